The molecule has 0 fully saturated rings. The minimum atomic E-state index is -0.241. The maximum Gasteiger partial charge on any atom is 0.258 e. The Hall–Kier alpha value is -3.41. The Bertz CT molecular complexity index is 991. The summed E-state index contributed by atoms with van der Waals surface area (Å²) in [7, 11) is 1.61. The van der Waals surface area contributed by atoms with Crippen molar-refractivity contribution in [2.24, 2.45) is 0 Å². The Morgan fingerprint density at radius 3 is 2.18 bits per heavy atom. The number of carbonyl (C=O) groups excluding carboxylic acids is 1. The van der Waals surface area contributed by atoms with Crippen molar-refractivity contribution in [3.63, 3.8) is 0 Å². The average Bonchev–Trinajstić information content (AvgIpc) is 2.65. The average molecular weight is 376 g/mol. The lowest BCUT2D eigenvalue weighted by Gasteiger charge is -2.13. The summed E-state index contributed by atoms with van der Waals surface area (Å²) in [6, 6.07) is 9.88. The standard InChI is InChI=1S/C22H24N4O2/c1-13-6-7-19(28-5)18(10-13)25-22-23-11-17(12-24-22)21(27)26-20-15(3)8-14(2)9-16(20)4/h6-12H,1-5H3,(H,26,27)(H,23,24,25). The molecular weight excluding hydrogens is 352 g/mol. The highest BCUT2D eigenvalue weighted by Crippen LogP contribution is 2.27. The van der Waals surface area contributed by atoms with E-state index in [2.05, 4.69) is 20.6 Å². The maximum atomic E-state index is 12.6. The lowest BCUT2D eigenvalue weighted by atomic mass is 10.0. The Morgan fingerprint density at radius 1 is 0.929 bits per heavy atom. The number of aryl methyl sites for hydroxylation is 4. The van der Waals surface area contributed by atoms with Crippen LogP contribution in [0.5, 0.6) is 5.75 Å². The van der Waals surface area contributed by atoms with Gasteiger partial charge in [-0.25, -0.2) is 9.97 Å². The van der Waals surface area contributed by atoms with Crippen LogP contribution >= 0.6 is 0 Å². The third-order valence-corrected chi connectivity index (χ3v) is 4.43. The molecule has 144 valence electrons. The minimum absolute atomic E-state index is 0.241. The van der Waals surface area contributed by atoms with Gasteiger partial charge in [0.15, 0.2) is 0 Å². The Morgan fingerprint density at radius 2 is 1.57 bits per heavy atom. The van der Waals surface area contributed by atoms with Crippen LogP contribution in [-0.2, 0) is 0 Å². The van der Waals surface area contributed by atoms with Crippen LogP contribution in [0.15, 0.2) is 42.7 Å². The van der Waals surface area contributed by atoms with Gasteiger partial charge in [0, 0.05) is 18.1 Å². The molecule has 0 bridgehead atoms. The van der Waals surface area contributed by atoms with E-state index in [1.807, 2.05) is 58.0 Å². The highest BCUT2D eigenvalue weighted by atomic mass is 16.5. The molecule has 3 aromatic rings. The number of nitrogens with one attached hydrogen (secondary N) is 2. The first-order chi connectivity index (χ1) is 13.4. The molecule has 1 aromatic heterocycles. The van der Waals surface area contributed by atoms with Crippen molar-refractivity contribution in [2.45, 2.75) is 27.7 Å². The SMILES string of the molecule is COc1ccc(C)cc1Nc1ncc(C(=O)Nc2c(C)cc(C)cc2C)cn1. The molecule has 0 aliphatic heterocycles. The van der Waals surface area contributed by atoms with Gasteiger partial charge in [-0.05, 0) is 56.5 Å². The van der Waals surface area contributed by atoms with Crippen LogP contribution < -0.4 is 15.4 Å². The molecule has 2 N–H and O–H groups in total. The second kappa shape index (κ2) is 8.08. The second-order valence-corrected chi connectivity index (χ2v) is 6.85. The number of carbonyl (C=O) groups is 1. The van der Waals surface area contributed by atoms with Gasteiger partial charge < -0.3 is 15.4 Å². The molecule has 0 radical (unpaired) electrons. The molecule has 2 aromatic carbocycles. The summed E-state index contributed by atoms with van der Waals surface area (Å²) in [6.45, 7) is 7.99. The number of amides is 1. The van der Waals surface area contributed by atoms with Crippen LogP contribution in [0.4, 0.5) is 17.3 Å². The molecule has 0 aliphatic rings. The molecule has 0 unspecified atom stereocenters. The zero-order valence-corrected chi connectivity index (χ0v) is 16.8. The summed E-state index contributed by atoms with van der Waals surface area (Å²) in [5.41, 5.74) is 6.28. The number of hydrogen-bond acceptors (Lipinski definition) is 5. The van der Waals surface area contributed by atoms with Crippen LogP contribution in [0.1, 0.15) is 32.6 Å². The minimum Gasteiger partial charge on any atom is -0.495 e. The predicted molar refractivity (Wildman–Crippen MR) is 112 cm³/mol. The van der Waals surface area contributed by atoms with E-state index in [-0.39, 0.29) is 5.91 Å². The van der Waals surface area contributed by atoms with E-state index in [4.69, 9.17) is 4.74 Å². The fraction of sp³-hybridized carbons (Fsp3) is 0.227. The zero-order valence-electron chi connectivity index (χ0n) is 16.8. The molecule has 0 aliphatic carbocycles. The summed E-state index contributed by atoms with van der Waals surface area (Å²) in [5, 5.41) is 6.08. The van der Waals surface area contributed by atoms with Crippen LogP contribution in [0, 0.1) is 27.7 Å². The Labute approximate surface area is 165 Å². The van der Waals surface area contributed by atoms with Gasteiger partial charge in [0.25, 0.3) is 5.91 Å². The molecule has 0 saturated heterocycles. The van der Waals surface area contributed by atoms with Crippen LogP contribution in [-0.4, -0.2) is 23.0 Å². The summed E-state index contributed by atoms with van der Waals surface area (Å²) >= 11 is 0. The number of benzene rings is 2. The third-order valence-electron chi connectivity index (χ3n) is 4.43. The molecule has 6 nitrogen and oxygen atoms in total. The molecule has 1 heterocycles. The number of anilines is 3. The van der Waals surface area contributed by atoms with Crippen molar-refractivity contribution >= 4 is 23.2 Å². The summed E-state index contributed by atoms with van der Waals surface area (Å²) in [5.74, 6) is 0.847. The van der Waals surface area contributed by atoms with E-state index in [0.29, 0.717) is 17.3 Å². The number of methoxy groups -OCH3 is 1. The number of aromatic nitrogens is 2. The summed E-state index contributed by atoms with van der Waals surface area (Å²) in [6.07, 6.45) is 3.01. The van der Waals surface area contributed by atoms with E-state index in [9.17, 15) is 4.79 Å². The number of nitrogens with zero attached hydrogens (tertiary/aromatic N) is 2. The van der Waals surface area contributed by atoms with Gasteiger partial charge in [0.1, 0.15) is 5.75 Å². The van der Waals surface area contributed by atoms with Crippen molar-refractivity contribution in [3.05, 3.63) is 70.5 Å². The zero-order chi connectivity index (χ0) is 20.3. The quantitative estimate of drug-likeness (QED) is 0.674. The van der Waals surface area contributed by atoms with Crippen molar-refractivity contribution in [1.29, 1.82) is 0 Å². The summed E-state index contributed by atoms with van der Waals surface area (Å²) in [4.78, 5) is 21.1. The molecule has 6 heteroatoms. The molecule has 0 saturated carbocycles. The monoisotopic (exact) mass is 376 g/mol. The largest absolute Gasteiger partial charge is 0.495 e. The molecule has 0 atom stereocenters. The number of rotatable bonds is 5. The predicted octanol–water partition coefficient (Wildman–Crippen LogP) is 4.71. The van der Waals surface area contributed by atoms with E-state index in [0.717, 1.165) is 28.1 Å². The molecular formula is C22H24N4O2. The lowest BCUT2D eigenvalue weighted by Crippen LogP contribution is -2.15. The van der Waals surface area contributed by atoms with E-state index >= 15 is 0 Å². The van der Waals surface area contributed by atoms with Crippen molar-refractivity contribution in [2.75, 3.05) is 17.7 Å². The van der Waals surface area contributed by atoms with Gasteiger partial charge in [0.05, 0.1) is 18.4 Å². The molecule has 28 heavy (non-hydrogen) atoms. The van der Waals surface area contributed by atoms with Crippen molar-refractivity contribution < 1.29 is 9.53 Å². The van der Waals surface area contributed by atoms with Crippen molar-refractivity contribution in [1.82, 2.24) is 9.97 Å². The smallest absolute Gasteiger partial charge is 0.258 e. The fourth-order valence-electron chi connectivity index (χ4n) is 3.11. The van der Waals surface area contributed by atoms with Gasteiger partial charge in [-0.2, -0.15) is 0 Å². The second-order valence-electron chi connectivity index (χ2n) is 6.85. The molecule has 0 spiro atoms. The maximum absolute atomic E-state index is 12.6. The van der Waals surface area contributed by atoms with Gasteiger partial charge in [-0.15, -0.1) is 0 Å². The highest BCUT2D eigenvalue weighted by molar-refractivity contribution is 6.04. The van der Waals surface area contributed by atoms with Gasteiger partial charge in [0.2, 0.25) is 5.95 Å². The Kier molecular flexibility index (Phi) is 5.59. The Balaban J connectivity index is 1.76. The first-order valence-corrected chi connectivity index (χ1v) is 9.00. The van der Waals surface area contributed by atoms with E-state index in [1.165, 1.54) is 18.0 Å². The topological polar surface area (TPSA) is 76.1 Å². The van der Waals surface area contributed by atoms with Gasteiger partial charge in [-0.1, -0.05) is 23.8 Å². The summed E-state index contributed by atoms with van der Waals surface area (Å²) < 4.78 is 5.35. The molecule has 1 amide bonds. The normalized spacial score (nSPS) is 10.5. The van der Waals surface area contributed by atoms with Crippen LogP contribution in [0.3, 0.4) is 0 Å². The highest BCUT2D eigenvalue weighted by Gasteiger charge is 2.12. The first kappa shape index (κ1) is 19.4. The third kappa shape index (κ3) is 4.28. The lowest BCUT2D eigenvalue weighted by molar-refractivity contribution is 0.102. The molecule has 3 rings (SSSR count). The van der Waals surface area contributed by atoms with E-state index in [1.54, 1.807) is 7.11 Å². The van der Waals surface area contributed by atoms with E-state index < -0.39 is 0 Å². The van der Waals surface area contributed by atoms with Crippen LogP contribution in [0.2, 0.25) is 0 Å². The first-order valence-electron chi connectivity index (χ1n) is 9.00. The fourth-order valence-corrected chi connectivity index (χ4v) is 3.11. The number of ether oxygens (including phenoxy) is 1. The van der Waals surface area contributed by atoms with Gasteiger partial charge in [-0.3, -0.25) is 4.79 Å². The number of hydrogen-bond donors (Lipinski definition) is 2. The van der Waals surface area contributed by atoms with Gasteiger partial charge >= 0.3 is 0 Å². The van der Waals surface area contributed by atoms with Crippen LogP contribution in [0.25, 0.3) is 0 Å². The van der Waals surface area contributed by atoms with Crippen molar-refractivity contribution in [3.8, 4) is 5.75 Å².